The Bertz CT molecular complexity index is 822. The Labute approximate surface area is 129 Å². The molecule has 22 heavy (non-hydrogen) atoms. The molecule has 1 amide bonds. The van der Waals surface area contributed by atoms with E-state index in [-0.39, 0.29) is 5.91 Å². The summed E-state index contributed by atoms with van der Waals surface area (Å²) in [4.78, 5) is 16.7. The van der Waals surface area contributed by atoms with E-state index < -0.39 is 0 Å². The van der Waals surface area contributed by atoms with Crippen molar-refractivity contribution >= 4 is 33.7 Å². The molecule has 0 atom stereocenters. The number of carbonyl (C=O) groups is 1. The molecule has 5 nitrogen and oxygen atoms in total. The van der Waals surface area contributed by atoms with Crippen molar-refractivity contribution in [3.05, 3.63) is 30.3 Å². The van der Waals surface area contributed by atoms with E-state index in [9.17, 15) is 4.79 Å². The minimum absolute atomic E-state index is 0.0117. The number of nitrogens with one attached hydrogen (secondary N) is 1. The Kier molecular flexibility index (Phi) is 4.04. The zero-order valence-corrected chi connectivity index (χ0v) is 13.0. The third-order valence-electron chi connectivity index (χ3n) is 3.74. The number of anilines is 1. The number of carbonyl (C=O) groups excluding carboxylic acids is 1. The summed E-state index contributed by atoms with van der Waals surface area (Å²) in [6, 6.07) is 10.0. The lowest BCUT2D eigenvalue weighted by atomic mass is 10.2. The summed E-state index contributed by atoms with van der Waals surface area (Å²) < 4.78 is 1.83. The van der Waals surface area contributed by atoms with E-state index in [0.717, 1.165) is 34.8 Å². The monoisotopic (exact) mass is 296 g/mol. The first-order chi connectivity index (χ1) is 10.7. The third kappa shape index (κ3) is 2.66. The number of rotatable bonds is 5. The highest BCUT2D eigenvalue weighted by molar-refractivity contribution is 6.02. The van der Waals surface area contributed by atoms with Gasteiger partial charge in [-0.1, -0.05) is 31.5 Å². The third-order valence-corrected chi connectivity index (χ3v) is 3.74. The fourth-order valence-electron chi connectivity index (χ4n) is 2.54. The molecule has 0 spiro atoms. The summed E-state index contributed by atoms with van der Waals surface area (Å²) in [6.45, 7) is 4.81. The fourth-order valence-corrected chi connectivity index (χ4v) is 2.54. The Morgan fingerprint density at radius 2 is 2.09 bits per heavy atom. The number of fused-ring (bicyclic) bond motifs is 2. The van der Waals surface area contributed by atoms with Crippen molar-refractivity contribution in [2.24, 2.45) is 0 Å². The van der Waals surface area contributed by atoms with Crippen LogP contribution in [0.3, 0.4) is 0 Å². The predicted molar refractivity (Wildman–Crippen MR) is 88.9 cm³/mol. The first kappa shape index (κ1) is 14.5. The molecule has 0 bridgehead atoms. The molecule has 2 heterocycles. The molecule has 1 N–H and O–H groups in total. The summed E-state index contributed by atoms with van der Waals surface area (Å²) >= 11 is 0. The second kappa shape index (κ2) is 6.13. The van der Waals surface area contributed by atoms with Crippen LogP contribution in [0.2, 0.25) is 0 Å². The zero-order chi connectivity index (χ0) is 15.5. The maximum absolute atomic E-state index is 12.0. The molecule has 5 heteroatoms. The predicted octanol–water partition coefficient (Wildman–Crippen LogP) is 3.73. The summed E-state index contributed by atoms with van der Waals surface area (Å²) in [5.74, 6) is 0.619. The van der Waals surface area contributed by atoms with E-state index in [2.05, 4.69) is 22.3 Å². The lowest BCUT2D eigenvalue weighted by Crippen LogP contribution is -2.12. The standard InChI is InChI=1S/C17H20N4O/c1-3-5-10-15(22)19-16-13-11-12-8-6-7-9-14(12)18-17(13)21(4-2)20-16/h6-9,11H,3-5,10H2,1-2H3,(H,19,20,22). The molecule has 0 unspecified atom stereocenters. The first-order valence-electron chi connectivity index (χ1n) is 7.79. The molecule has 0 aliphatic carbocycles. The van der Waals surface area contributed by atoms with Gasteiger partial charge >= 0.3 is 0 Å². The van der Waals surface area contributed by atoms with E-state index in [1.54, 1.807) is 0 Å². The summed E-state index contributed by atoms with van der Waals surface area (Å²) in [5.41, 5.74) is 1.75. The Morgan fingerprint density at radius 3 is 2.86 bits per heavy atom. The molecular weight excluding hydrogens is 276 g/mol. The van der Waals surface area contributed by atoms with Crippen LogP contribution in [0.15, 0.2) is 30.3 Å². The molecule has 2 aromatic heterocycles. The molecule has 0 aliphatic heterocycles. The number of amides is 1. The highest BCUT2D eigenvalue weighted by Gasteiger charge is 2.14. The van der Waals surface area contributed by atoms with Crippen LogP contribution in [0, 0.1) is 0 Å². The average molecular weight is 296 g/mol. The Morgan fingerprint density at radius 1 is 1.27 bits per heavy atom. The number of hydrogen-bond acceptors (Lipinski definition) is 3. The second-order valence-electron chi connectivity index (χ2n) is 5.37. The molecule has 0 saturated carbocycles. The van der Waals surface area contributed by atoms with Gasteiger partial charge < -0.3 is 5.32 Å². The van der Waals surface area contributed by atoms with Crippen molar-refractivity contribution in [3.63, 3.8) is 0 Å². The van der Waals surface area contributed by atoms with Crippen molar-refractivity contribution in [1.29, 1.82) is 0 Å². The van der Waals surface area contributed by atoms with Gasteiger partial charge in [-0.15, -0.1) is 0 Å². The lowest BCUT2D eigenvalue weighted by Gasteiger charge is -2.02. The average Bonchev–Trinajstić information content (AvgIpc) is 2.87. The first-order valence-corrected chi connectivity index (χ1v) is 7.79. The van der Waals surface area contributed by atoms with Gasteiger partial charge in [0.1, 0.15) is 0 Å². The van der Waals surface area contributed by atoms with Gasteiger partial charge in [0.15, 0.2) is 11.5 Å². The number of nitrogens with zero attached hydrogens (tertiary/aromatic N) is 3. The summed E-state index contributed by atoms with van der Waals surface area (Å²) in [7, 11) is 0. The Balaban J connectivity index is 2.06. The number of hydrogen-bond donors (Lipinski definition) is 1. The Hall–Kier alpha value is -2.43. The highest BCUT2D eigenvalue weighted by Crippen LogP contribution is 2.26. The van der Waals surface area contributed by atoms with Gasteiger partial charge in [0.05, 0.1) is 10.9 Å². The number of aromatic nitrogens is 3. The van der Waals surface area contributed by atoms with E-state index in [1.165, 1.54) is 0 Å². The van der Waals surface area contributed by atoms with E-state index in [4.69, 9.17) is 0 Å². The molecule has 0 radical (unpaired) electrons. The summed E-state index contributed by atoms with van der Waals surface area (Å²) in [6.07, 6.45) is 2.42. The van der Waals surface area contributed by atoms with Crippen molar-refractivity contribution < 1.29 is 4.79 Å². The molecule has 0 fully saturated rings. The van der Waals surface area contributed by atoms with Crippen LogP contribution in [-0.2, 0) is 11.3 Å². The number of para-hydroxylation sites is 1. The van der Waals surface area contributed by atoms with E-state index >= 15 is 0 Å². The molecular formula is C17H20N4O. The van der Waals surface area contributed by atoms with Crippen LogP contribution in [0.5, 0.6) is 0 Å². The van der Waals surface area contributed by atoms with Crippen molar-refractivity contribution in [3.8, 4) is 0 Å². The fraction of sp³-hybridized carbons (Fsp3) is 0.353. The highest BCUT2D eigenvalue weighted by atomic mass is 16.1. The van der Waals surface area contributed by atoms with E-state index in [1.807, 2.05) is 41.9 Å². The molecule has 3 rings (SSSR count). The van der Waals surface area contributed by atoms with Gasteiger partial charge in [-0.2, -0.15) is 5.10 Å². The number of aryl methyl sites for hydroxylation is 1. The molecule has 3 aromatic rings. The largest absolute Gasteiger partial charge is 0.309 e. The van der Waals surface area contributed by atoms with Crippen LogP contribution in [0.25, 0.3) is 21.9 Å². The molecule has 114 valence electrons. The normalized spacial score (nSPS) is 11.2. The van der Waals surface area contributed by atoms with Crippen LogP contribution < -0.4 is 5.32 Å². The minimum Gasteiger partial charge on any atom is -0.309 e. The molecule has 1 aromatic carbocycles. The molecule has 0 aliphatic rings. The SMILES string of the molecule is CCCCC(=O)Nc1nn(CC)c2nc3ccccc3cc12. The zero-order valence-electron chi connectivity index (χ0n) is 13.0. The number of pyridine rings is 1. The van der Waals surface area contributed by atoms with Gasteiger partial charge in [0.2, 0.25) is 5.91 Å². The van der Waals surface area contributed by atoms with Crippen molar-refractivity contribution in [2.45, 2.75) is 39.7 Å². The lowest BCUT2D eigenvalue weighted by molar-refractivity contribution is -0.116. The number of benzene rings is 1. The van der Waals surface area contributed by atoms with Crippen LogP contribution in [0.4, 0.5) is 5.82 Å². The molecule has 0 saturated heterocycles. The van der Waals surface area contributed by atoms with Gasteiger partial charge in [-0.25, -0.2) is 9.67 Å². The maximum atomic E-state index is 12.0. The quantitative estimate of drug-likeness (QED) is 0.780. The second-order valence-corrected chi connectivity index (χ2v) is 5.37. The topological polar surface area (TPSA) is 59.8 Å². The van der Waals surface area contributed by atoms with Crippen LogP contribution in [0.1, 0.15) is 33.1 Å². The van der Waals surface area contributed by atoms with Gasteiger partial charge in [-0.05, 0) is 25.5 Å². The van der Waals surface area contributed by atoms with Crippen molar-refractivity contribution in [1.82, 2.24) is 14.8 Å². The van der Waals surface area contributed by atoms with Crippen LogP contribution >= 0.6 is 0 Å². The maximum Gasteiger partial charge on any atom is 0.225 e. The van der Waals surface area contributed by atoms with E-state index in [0.29, 0.717) is 18.8 Å². The van der Waals surface area contributed by atoms with Gasteiger partial charge in [-0.3, -0.25) is 4.79 Å². The van der Waals surface area contributed by atoms with Crippen LogP contribution in [-0.4, -0.2) is 20.7 Å². The van der Waals surface area contributed by atoms with Gasteiger partial charge in [0, 0.05) is 18.4 Å². The summed E-state index contributed by atoms with van der Waals surface area (Å²) in [5, 5.41) is 9.37. The number of unbranched alkanes of at least 4 members (excludes halogenated alkanes) is 1. The minimum atomic E-state index is 0.0117. The van der Waals surface area contributed by atoms with Gasteiger partial charge in [0.25, 0.3) is 0 Å². The van der Waals surface area contributed by atoms with Crippen molar-refractivity contribution in [2.75, 3.05) is 5.32 Å². The smallest absolute Gasteiger partial charge is 0.225 e.